The Balaban J connectivity index is 2.15. The van der Waals surface area contributed by atoms with E-state index in [2.05, 4.69) is 15.5 Å². The summed E-state index contributed by atoms with van der Waals surface area (Å²) in [5, 5.41) is 6.46. The monoisotopic (exact) mass is 329 g/mol. The molecule has 0 unspecified atom stereocenters. The van der Waals surface area contributed by atoms with Crippen LogP contribution in [0.5, 0.6) is 0 Å². The predicted octanol–water partition coefficient (Wildman–Crippen LogP) is 4.85. The van der Waals surface area contributed by atoms with Crippen LogP contribution in [0.25, 0.3) is 5.57 Å². The first-order valence-electron chi connectivity index (χ1n) is 7.03. The van der Waals surface area contributed by atoms with Gasteiger partial charge in [0.05, 0.1) is 0 Å². The highest BCUT2D eigenvalue weighted by Crippen LogP contribution is 2.35. The summed E-state index contributed by atoms with van der Waals surface area (Å²) in [7, 11) is 0. The molecule has 116 valence electrons. The molecule has 0 aliphatic carbocycles. The maximum absolute atomic E-state index is 14.2. The number of nitroso groups, excluding NO2 is 1. The molecule has 4 nitrogen and oxygen atoms in total. The van der Waals surface area contributed by atoms with Gasteiger partial charge in [0.25, 0.3) is 0 Å². The second-order valence-corrected chi connectivity index (χ2v) is 5.43. The van der Waals surface area contributed by atoms with Gasteiger partial charge in [-0.1, -0.05) is 35.9 Å². The summed E-state index contributed by atoms with van der Waals surface area (Å²) in [5.74, 6) is 0.291. The van der Waals surface area contributed by atoms with Crippen LogP contribution < -0.4 is 5.32 Å². The predicted molar refractivity (Wildman–Crippen MR) is 91.3 cm³/mol. The number of nitrogens with zero attached hydrogens (tertiary/aromatic N) is 2. The minimum absolute atomic E-state index is 0.159. The molecular weight excluding hydrogens is 317 g/mol. The van der Waals surface area contributed by atoms with Crippen molar-refractivity contribution in [3.05, 3.63) is 75.4 Å². The van der Waals surface area contributed by atoms with Crippen molar-refractivity contribution in [2.75, 3.05) is 12.0 Å². The first kappa shape index (κ1) is 15.4. The molecule has 0 spiro atoms. The second kappa shape index (κ2) is 6.71. The van der Waals surface area contributed by atoms with Gasteiger partial charge in [0.2, 0.25) is 0 Å². The summed E-state index contributed by atoms with van der Waals surface area (Å²) < 4.78 is 14.2. The van der Waals surface area contributed by atoms with E-state index in [1.54, 1.807) is 30.3 Å². The summed E-state index contributed by atoms with van der Waals surface area (Å²) in [4.78, 5) is 14.4. The van der Waals surface area contributed by atoms with E-state index in [-0.39, 0.29) is 12.5 Å². The molecule has 23 heavy (non-hydrogen) atoms. The summed E-state index contributed by atoms with van der Waals surface area (Å²) in [6, 6.07) is 11.9. The third-order valence-electron chi connectivity index (χ3n) is 3.53. The molecule has 0 radical (unpaired) electrons. The molecule has 0 amide bonds. The Bertz CT molecular complexity index is 817. The third-order valence-corrected chi connectivity index (χ3v) is 3.77. The van der Waals surface area contributed by atoms with Crippen molar-refractivity contribution >= 4 is 28.7 Å². The lowest BCUT2D eigenvalue weighted by atomic mass is 9.96. The number of fused-ring (bicyclic) bond motifs is 1. The number of nitrogens with one attached hydrogen (secondary N) is 1. The quantitative estimate of drug-likeness (QED) is 0.818. The topological polar surface area (TPSA) is 53.8 Å². The molecule has 1 heterocycles. The van der Waals surface area contributed by atoms with E-state index in [0.717, 1.165) is 16.8 Å². The van der Waals surface area contributed by atoms with Crippen molar-refractivity contribution in [2.45, 2.75) is 6.42 Å². The zero-order chi connectivity index (χ0) is 16.2. The van der Waals surface area contributed by atoms with Gasteiger partial charge in [-0.2, -0.15) is 0 Å². The maximum Gasteiger partial charge on any atom is 0.173 e. The SMILES string of the molecule is O=NCN=C1CC=C(c2ccccc2F)c2cc(Cl)ccc2N1. The maximum atomic E-state index is 14.2. The normalized spacial score (nSPS) is 15.4. The fraction of sp³-hybridized carbons (Fsp3) is 0.118. The second-order valence-electron chi connectivity index (χ2n) is 4.99. The summed E-state index contributed by atoms with van der Waals surface area (Å²) >= 11 is 6.11. The number of rotatable bonds is 3. The number of benzene rings is 2. The lowest BCUT2D eigenvalue weighted by Gasteiger charge is -2.13. The number of aliphatic imine (C=N–C) groups is 1. The molecule has 1 aliphatic heterocycles. The Kier molecular flexibility index (Phi) is 4.48. The van der Waals surface area contributed by atoms with Crippen LogP contribution >= 0.6 is 11.6 Å². The first-order chi connectivity index (χ1) is 11.2. The average molecular weight is 330 g/mol. The summed E-state index contributed by atoms with van der Waals surface area (Å²) in [5.41, 5.74) is 2.77. The van der Waals surface area contributed by atoms with Gasteiger partial charge in [0, 0.05) is 28.3 Å². The minimum atomic E-state index is -0.306. The van der Waals surface area contributed by atoms with Gasteiger partial charge in [-0.05, 0) is 35.0 Å². The molecule has 1 aliphatic rings. The van der Waals surface area contributed by atoms with Crippen molar-refractivity contribution in [3.63, 3.8) is 0 Å². The van der Waals surface area contributed by atoms with Crippen LogP contribution in [-0.4, -0.2) is 12.5 Å². The van der Waals surface area contributed by atoms with Gasteiger partial charge in [0.1, 0.15) is 11.7 Å². The van der Waals surface area contributed by atoms with E-state index < -0.39 is 0 Å². The number of halogens is 2. The van der Waals surface area contributed by atoms with Crippen LogP contribution in [0.3, 0.4) is 0 Å². The molecule has 0 saturated heterocycles. The molecule has 2 aromatic carbocycles. The largest absolute Gasteiger partial charge is 0.343 e. The molecule has 3 rings (SSSR count). The Labute approximate surface area is 137 Å². The lowest BCUT2D eigenvalue weighted by molar-refractivity contribution is 0.624. The molecule has 2 aromatic rings. The highest BCUT2D eigenvalue weighted by molar-refractivity contribution is 6.31. The number of amidine groups is 1. The van der Waals surface area contributed by atoms with E-state index in [4.69, 9.17) is 11.6 Å². The third kappa shape index (κ3) is 3.29. The van der Waals surface area contributed by atoms with Gasteiger partial charge in [-0.25, -0.2) is 9.38 Å². The van der Waals surface area contributed by atoms with Gasteiger partial charge in [0.15, 0.2) is 6.67 Å². The zero-order valence-electron chi connectivity index (χ0n) is 12.1. The van der Waals surface area contributed by atoms with Crippen LogP contribution in [0.15, 0.2) is 58.7 Å². The molecule has 0 fully saturated rings. The fourth-order valence-corrected chi connectivity index (χ4v) is 2.69. The average Bonchev–Trinajstić information content (AvgIpc) is 2.72. The number of hydrogen-bond donors (Lipinski definition) is 1. The summed E-state index contributed by atoms with van der Waals surface area (Å²) in [6.07, 6.45) is 2.31. The van der Waals surface area contributed by atoms with Gasteiger partial charge < -0.3 is 5.32 Å². The van der Waals surface area contributed by atoms with Gasteiger partial charge >= 0.3 is 0 Å². The van der Waals surface area contributed by atoms with Crippen molar-refractivity contribution < 1.29 is 4.39 Å². The van der Waals surface area contributed by atoms with E-state index in [9.17, 15) is 9.30 Å². The summed E-state index contributed by atoms with van der Waals surface area (Å²) in [6.45, 7) is -0.159. The van der Waals surface area contributed by atoms with Crippen LogP contribution in [0, 0.1) is 10.7 Å². The molecule has 0 aromatic heterocycles. The number of anilines is 1. The van der Waals surface area contributed by atoms with Gasteiger partial charge in [-0.3, -0.25) is 0 Å². The van der Waals surface area contributed by atoms with E-state index in [1.807, 2.05) is 12.1 Å². The van der Waals surface area contributed by atoms with Crippen molar-refractivity contribution in [1.82, 2.24) is 0 Å². The molecule has 6 heteroatoms. The Morgan fingerprint density at radius 3 is 2.78 bits per heavy atom. The number of hydrogen-bond acceptors (Lipinski definition) is 3. The first-order valence-corrected chi connectivity index (χ1v) is 7.41. The Morgan fingerprint density at radius 1 is 1.17 bits per heavy atom. The van der Waals surface area contributed by atoms with E-state index >= 15 is 0 Å². The highest BCUT2D eigenvalue weighted by atomic mass is 35.5. The van der Waals surface area contributed by atoms with Crippen LogP contribution in [0.4, 0.5) is 10.1 Å². The van der Waals surface area contributed by atoms with Crippen LogP contribution in [0.1, 0.15) is 17.5 Å². The van der Waals surface area contributed by atoms with Crippen molar-refractivity contribution in [3.8, 4) is 0 Å². The van der Waals surface area contributed by atoms with Crippen LogP contribution in [0.2, 0.25) is 5.02 Å². The smallest absolute Gasteiger partial charge is 0.173 e. The lowest BCUT2D eigenvalue weighted by Crippen LogP contribution is -2.11. The highest BCUT2D eigenvalue weighted by Gasteiger charge is 2.18. The molecular formula is C17H13ClFN3O. The minimum Gasteiger partial charge on any atom is -0.343 e. The molecule has 0 bridgehead atoms. The van der Waals surface area contributed by atoms with Crippen LogP contribution in [-0.2, 0) is 0 Å². The molecule has 0 saturated carbocycles. The zero-order valence-corrected chi connectivity index (χ0v) is 12.8. The molecule has 0 atom stereocenters. The Hall–Kier alpha value is -2.53. The molecule has 1 N–H and O–H groups in total. The van der Waals surface area contributed by atoms with Gasteiger partial charge in [-0.15, -0.1) is 4.91 Å². The standard InChI is InChI=1S/C17H13ClFN3O/c18-11-5-7-16-14(9-11)12(13-3-1-2-4-15(13)19)6-8-17(22-16)20-10-21-23/h1-7,9H,8,10H2,(H,20,22). The van der Waals surface area contributed by atoms with Crippen molar-refractivity contribution in [2.24, 2.45) is 10.2 Å². The van der Waals surface area contributed by atoms with E-state index in [1.165, 1.54) is 6.07 Å². The van der Waals surface area contributed by atoms with E-state index in [0.29, 0.717) is 22.8 Å². The fourth-order valence-electron chi connectivity index (χ4n) is 2.52. The van der Waals surface area contributed by atoms with Crippen molar-refractivity contribution in [1.29, 1.82) is 0 Å². The Morgan fingerprint density at radius 2 is 2.00 bits per heavy atom.